The molecule has 0 radical (unpaired) electrons. The molecule has 1 aliphatic rings. The fourth-order valence-corrected chi connectivity index (χ4v) is 2.73. The summed E-state index contributed by atoms with van der Waals surface area (Å²) < 4.78 is 0. The number of benzene rings is 1. The molecule has 2 rings (SSSR count). The monoisotopic (exact) mass is 346 g/mol. The molecule has 2 N–H and O–H groups in total. The van der Waals surface area contributed by atoms with E-state index in [1.807, 2.05) is 43.3 Å². The lowest BCUT2D eigenvalue weighted by atomic mass is 10.1. The van der Waals surface area contributed by atoms with Gasteiger partial charge in [-0.15, -0.1) is 0 Å². The number of likely N-dealkylation sites (N-methyl/N-ethyl adjacent to an activating group) is 1. The molecule has 3 amide bonds. The maximum absolute atomic E-state index is 12.1. The Morgan fingerprint density at radius 1 is 1.16 bits per heavy atom. The van der Waals surface area contributed by atoms with Gasteiger partial charge in [0, 0.05) is 37.8 Å². The molecule has 25 heavy (non-hydrogen) atoms. The van der Waals surface area contributed by atoms with Crippen LogP contribution in [0.3, 0.4) is 0 Å². The number of amides is 3. The molecular weight excluding hydrogens is 316 g/mol. The van der Waals surface area contributed by atoms with Gasteiger partial charge in [0.1, 0.15) is 0 Å². The van der Waals surface area contributed by atoms with Crippen molar-refractivity contribution in [1.82, 2.24) is 15.1 Å². The van der Waals surface area contributed by atoms with E-state index in [2.05, 4.69) is 22.5 Å². The fourth-order valence-electron chi connectivity index (χ4n) is 2.73. The average Bonchev–Trinajstić information content (AvgIpc) is 3.13. The van der Waals surface area contributed by atoms with Crippen LogP contribution >= 0.6 is 0 Å². The number of aryl methyl sites for hydroxylation is 1. The third-order valence-electron chi connectivity index (χ3n) is 4.74. The molecule has 1 aromatic carbocycles. The van der Waals surface area contributed by atoms with Gasteiger partial charge in [-0.25, -0.2) is 4.79 Å². The molecule has 1 aliphatic heterocycles. The Balaban J connectivity index is 1.73. The molecule has 0 bridgehead atoms. The maximum Gasteiger partial charge on any atom is 0.319 e. The van der Waals surface area contributed by atoms with E-state index in [1.54, 1.807) is 0 Å². The Kier molecular flexibility index (Phi) is 7.25. The Morgan fingerprint density at radius 2 is 1.80 bits per heavy atom. The molecule has 0 unspecified atom stereocenters. The number of carbonyl (C=O) groups excluding carboxylic acids is 2. The molecule has 6 nitrogen and oxygen atoms in total. The molecule has 1 heterocycles. The lowest BCUT2D eigenvalue weighted by Crippen LogP contribution is -2.40. The van der Waals surface area contributed by atoms with Gasteiger partial charge in [-0.2, -0.15) is 0 Å². The van der Waals surface area contributed by atoms with Crippen LogP contribution in [0.5, 0.6) is 0 Å². The summed E-state index contributed by atoms with van der Waals surface area (Å²) in [5.41, 5.74) is 1.87. The number of anilines is 1. The first kappa shape index (κ1) is 19.2. The minimum atomic E-state index is -0.203. The van der Waals surface area contributed by atoms with E-state index in [0.29, 0.717) is 13.0 Å². The second-order valence-corrected chi connectivity index (χ2v) is 6.93. The number of nitrogens with zero attached hydrogens (tertiary/aromatic N) is 2. The Hall–Kier alpha value is -2.08. The smallest absolute Gasteiger partial charge is 0.319 e. The summed E-state index contributed by atoms with van der Waals surface area (Å²) in [5, 5.41) is 5.69. The minimum absolute atomic E-state index is 0.203. The van der Waals surface area contributed by atoms with E-state index in [-0.39, 0.29) is 18.0 Å². The molecular formula is C19H30N4O2. The third-order valence-corrected chi connectivity index (χ3v) is 4.74. The van der Waals surface area contributed by atoms with Crippen molar-refractivity contribution in [3.8, 4) is 0 Å². The lowest BCUT2D eigenvalue weighted by Gasteiger charge is -2.20. The van der Waals surface area contributed by atoms with Gasteiger partial charge in [-0.1, -0.05) is 12.1 Å². The molecule has 1 fully saturated rings. The second-order valence-electron chi connectivity index (χ2n) is 6.93. The van der Waals surface area contributed by atoms with Gasteiger partial charge in [0.25, 0.3) is 0 Å². The zero-order chi connectivity index (χ0) is 18.2. The van der Waals surface area contributed by atoms with Crippen molar-refractivity contribution in [3.05, 3.63) is 29.8 Å². The van der Waals surface area contributed by atoms with Crippen LogP contribution in [-0.2, 0) is 11.2 Å². The van der Waals surface area contributed by atoms with Crippen LogP contribution in [-0.4, -0.2) is 61.5 Å². The highest BCUT2D eigenvalue weighted by Gasteiger charge is 2.17. The summed E-state index contributed by atoms with van der Waals surface area (Å²) >= 11 is 0. The van der Waals surface area contributed by atoms with Gasteiger partial charge in [0.2, 0.25) is 5.91 Å². The number of nitrogens with one attached hydrogen (secondary N) is 2. The van der Waals surface area contributed by atoms with Gasteiger partial charge in [0.15, 0.2) is 0 Å². The van der Waals surface area contributed by atoms with E-state index in [4.69, 9.17) is 0 Å². The van der Waals surface area contributed by atoms with E-state index in [9.17, 15) is 9.59 Å². The average molecular weight is 346 g/mol. The molecule has 1 aromatic rings. The molecule has 6 heteroatoms. The highest BCUT2D eigenvalue weighted by molar-refractivity contribution is 5.89. The highest BCUT2D eigenvalue weighted by atomic mass is 16.2. The van der Waals surface area contributed by atoms with E-state index >= 15 is 0 Å². The van der Waals surface area contributed by atoms with E-state index < -0.39 is 0 Å². The predicted molar refractivity (Wildman–Crippen MR) is 101 cm³/mol. The van der Waals surface area contributed by atoms with Gasteiger partial charge >= 0.3 is 6.03 Å². The number of hydrogen-bond acceptors (Lipinski definition) is 3. The van der Waals surface area contributed by atoms with E-state index in [0.717, 1.165) is 43.6 Å². The van der Waals surface area contributed by atoms with Crippen LogP contribution in [0.15, 0.2) is 24.3 Å². The van der Waals surface area contributed by atoms with Gasteiger partial charge in [-0.05, 0) is 58.0 Å². The fraction of sp³-hybridized carbons (Fsp3) is 0.579. The summed E-state index contributed by atoms with van der Waals surface area (Å²) in [5.74, 6) is 0.245. The van der Waals surface area contributed by atoms with Crippen LogP contribution in [0, 0.1) is 0 Å². The molecule has 0 saturated carbocycles. The zero-order valence-electron chi connectivity index (χ0n) is 15.5. The van der Waals surface area contributed by atoms with Crippen molar-refractivity contribution < 1.29 is 9.59 Å². The number of rotatable bonds is 7. The Labute approximate surface area is 150 Å². The summed E-state index contributed by atoms with van der Waals surface area (Å²) in [6.07, 6.45) is 3.54. The molecule has 0 aromatic heterocycles. The van der Waals surface area contributed by atoms with Crippen molar-refractivity contribution in [2.24, 2.45) is 0 Å². The summed E-state index contributed by atoms with van der Waals surface area (Å²) in [6.45, 7) is 4.46. The number of hydrogen-bond donors (Lipinski definition) is 2. The SMILES string of the molecule is C[C@@H](CNC(=O)Nc1ccc(CCC(=O)N2CCCC2)cc1)N(C)C. The van der Waals surface area contributed by atoms with Crippen LogP contribution in [0.1, 0.15) is 31.7 Å². The van der Waals surface area contributed by atoms with Crippen molar-refractivity contribution in [2.75, 3.05) is 39.0 Å². The van der Waals surface area contributed by atoms with Crippen molar-refractivity contribution in [2.45, 2.75) is 38.6 Å². The maximum atomic E-state index is 12.1. The van der Waals surface area contributed by atoms with Crippen LogP contribution in [0.4, 0.5) is 10.5 Å². The standard InChI is InChI=1S/C19H30N4O2/c1-15(22(2)3)14-20-19(25)21-17-9-6-16(7-10-17)8-11-18(24)23-12-4-5-13-23/h6-7,9-10,15H,4-5,8,11-14H2,1-3H3,(H2,20,21,25)/t15-/m0/s1. The summed E-state index contributed by atoms with van der Waals surface area (Å²) in [4.78, 5) is 28.0. The third kappa shape index (κ3) is 6.38. The quantitative estimate of drug-likeness (QED) is 0.796. The topological polar surface area (TPSA) is 64.7 Å². The normalized spacial score (nSPS) is 15.3. The predicted octanol–water partition coefficient (Wildman–Crippen LogP) is 2.31. The van der Waals surface area contributed by atoms with Gasteiger partial charge < -0.3 is 20.4 Å². The van der Waals surface area contributed by atoms with Gasteiger partial charge in [0.05, 0.1) is 0 Å². The molecule has 138 valence electrons. The van der Waals surface area contributed by atoms with Crippen LogP contribution < -0.4 is 10.6 Å². The van der Waals surface area contributed by atoms with E-state index in [1.165, 1.54) is 0 Å². The highest BCUT2D eigenvalue weighted by Crippen LogP contribution is 2.14. The van der Waals surface area contributed by atoms with Gasteiger partial charge in [-0.3, -0.25) is 4.79 Å². The summed E-state index contributed by atoms with van der Waals surface area (Å²) in [7, 11) is 3.97. The second kappa shape index (κ2) is 9.42. The molecule has 0 aliphatic carbocycles. The lowest BCUT2D eigenvalue weighted by molar-refractivity contribution is -0.130. The van der Waals surface area contributed by atoms with Crippen molar-refractivity contribution in [3.63, 3.8) is 0 Å². The van der Waals surface area contributed by atoms with Crippen LogP contribution in [0.25, 0.3) is 0 Å². The molecule has 1 atom stereocenters. The van der Waals surface area contributed by atoms with Crippen LogP contribution in [0.2, 0.25) is 0 Å². The molecule has 0 spiro atoms. The Bertz CT molecular complexity index is 565. The molecule has 1 saturated heterocycles. The van der Waals surface area contributed by atoms with Crippen molar-refractivity contribution >= 4 is 17.6 Å². The Morgan fingerprint density at radius 3 is 2.40 bits per heavy atom. The first-order valence-corrected chi connectivity index (χ1v) is 9.03. The zero-order valence-corrected chi connectivity index (χ0v) is 15.5. The van der Waals surface area contributed by atoms with Crippen molar-refractivity contribution in [1.29, 1.82) is 0 Å². The number of likely N-dealkylation sites (tertiary alicyclic amines) is 1. The number of carbonyl (C=O) groups is 2. The largest absolute Gasteiger partial charge is 0.343 e. The first-order chi connectivity index (χ1) is 12.0. The first-order valence-electron chi connectivity index (χ1n) is 9.03. The minimum Gasteiger partial charge on any atom is -0.343 e. The summed E-state index contributed by atoms with van der Waals surface area (Å²) in [6, 6.07) is 7.77. The number of urea groups is 1.